The molecule has 3 atom stereocenters. The van der Waals surface area contributed by atoms with Crippen LogP contribution in [0.25, 0.3) is 0 Å². The fourth-order valence-electron chi connectivity index (χ4n) is 4.01. The van der Waals surface area contributed by atoms with E-state index >= 15 is 0 Å². The van der Waals surface area contributed by atoms with E-state index in [9.17, 15) is 22.8 Å². The Morgan fingerprint density at radius 2 is 1.68 bits per heavy atom. The molecule has 4 N–H and O–H groups in total. The van der Waals surface area contributed by atoms with Crippen molar-refractivity contribution >= 4 is 27.7 Å². The number of rotatable bonds is 3. The predicted octanol–water partition coefficient (Wildman–Crippen LogP) is 1.03. The number of nitrogens with two attached hydrogens (primary N) is 1. The van der Waals surface area contributed by atoms with Gasteiger partial charge in [0.1, 0.15) is 12.1 Å². The molecular weight excluding hydrogens is 420 g/mol. The van der Waals surface area contributed by atoms with Crippen LogP contribution in [-0.4, -0.2) is 61.5 Å². The average molecular weight is 459 g/mol. The molecule has 3 amide bonds. The quantitative estimate of drug-likeness (QED) is 0.577. The maximum Gasteiger partial charge on any atom is 0.255 e. The highest BCUT2D eigenvalue weighted by molar-refractivity contribution is 7.90. The second-order valence-corrected chi connectivity index (χ2v) is 11.6. The molecule has 178 valence electrons. The van der Waals surface area contributed by atoms with Crippen molar-refractivity contribution in [1.29, 1.82) is 0 Å². The van der Waals surface area contributed by atoms with Crippen LogP contribution in [0, 0.1) is 5.41 Å². The van der Waals surface area contributed by atoms with Crippen LogP contribution in [0.15, 0.2) is 0 Å². The number of nitrogens with one attached hydrogen (secondary N) is 2. The van der Waals surface area contributed by atoms with Gasteiger partial charge in [0.05, 0.1) is 11.8 Å². The molecule has 2 heterocycles. The van der Waals surface area contributed by atoms with Crippen LogP contribution >= 0.6 is 0 Å². The molecule has 2 aliphatic rings. The molecule has 2 aliphatic heterocycles. The van der Waals surface area contributed by atoms with Crippen molar-refractivity contribution in [2.75, 3.05) is 12.3 Å². The lowest BCUT2D eigenvalue weighted by Gasteiger charge is -2.33. The Kier molecular flexibility index (Phi) is 8.88. The summed E-state index contributed by atoms with van der Waals surface area (Å²) in [6, 6.07) is -2.39. The molecule has 9 nitrogen and oxygen atoms in total. The highest BCUT2D eigenvalue weighted by Crippen LogP contribution is 2.24. The van der Waals surface area contributed by atoms with Crippen LogP contribution in [0.5, 0.6) is 0 Å². The summed E-state index contributed by atoms with van der Waals surface area (Å²) >= 11 is 0. The molecular formula is C21H38N4O5S. The van der Waals surface area contributed by atoms with Gasteiger partial charge >= 0.3 is 0 Å². The number of sulfonamides is 1. The van der Waals surface area contributed by atoms with Crippen LogP contribution in [-0.2, 0) is 24.4 Å². The molecule has 2 fully saturated rings. The minimum absolute atomic E-state index is 0.102. The molecule has 0 aliphatic carbocycles. The van der Waals surface area contributed by atoms with Gasteiger partial charge in [-0.25, -0.2) is 8.42 Å². The number of carbonyl (C=O) groups excluding carboxylic acids is 3. The van der Waals surface area contributed by atoms with E-state index < -0.39 is 45.4 Å². The Hall–Kier alpha value is -1.68. The van der Waals surface area contributed by atoms with E-state index in [1.54, 1.807) is 0 Å². The lowest BCUT2D eigenvalue weighted by atomic mass is 9.86. The van der Waals surface area contributed by atoms with Gasteiger partial charge < -0.3 is 16.0 Å². The Morgan fingerprint density at radius 3 is 2.32 bits per heavy atom. The van der Waals surface area contributed by atoms with Crippen LogP contribution in [0.3, 0.4) is 0 Å². The monoisotopic (exact) mass is 458 g/mol. The van der Waals surface area contributed by atoms with Gasteiger partial charge in [-0.3, -0.25) is 19.1 Å². The highest BCUT2D eigenvalue weighted by atomic mass is 32.2. The topological polar surface area (TPSA) is 139 Å². The SMILES string of the molecule is CC(C)(C)[C@H](N)C(=O)N1CCCC1C(=O)NC1CCCCCCCCS(=O)(=O)NC1=O. The van der Waals surface area contributed by atoms with E-state index in [0.29, 0.717) is 38.6 Å². The fraction of sp³-hybridized carbons (Fsp3) is 0.857. The summed E-state index contributed by atoms with van der Waals surface area (Å²) in [5.74, 6) is -1.53. The van der Waals surface area contributed by atoms with Gasteiger partial charge in [-0.1, -0.05) is 52.9 Å². The minimum Gasteiger partial charge on any atom is -0.342 e. The molecule has 2 saturated heterocycles. The normalized spacial score (nSPS) is 26.8. The van der Waals surface area contributed by atoms with Gasteiger partial charge in [0.2, 0.25) is 21.8 Å². The first-order valence-electron chi connectivity index (χ1n) is 11.3. The number of nitrogens with zero attached hydrogens (tertiary/aromatic N) is 1. The molecule has 0 aromatic heterocycles. The summed E-state index contributed by atoms with van der Waals surface area (Å²) in [6.45, 7) is 6.05. The third kappa shape index (κ3) is 7.45. The van der Waals surface area contributed by atoms with Crippen molar-refractivity contribution in [3.05, 3.63) is 0 Å². The molecule has 0 bridgehead atoms. The third-order valence-corrected chi connectivity index (χ3v) is 7.42. The fourth-order valence-corrected chi connectivity index (χ4v) is 5.15. The van der Waals surface area contributed by atoms with E-state index in [1.165, 1.54) is 4.90 Å². The summed E-state index contributed by atoms with van der Waals surface area (Å²) in [5.41, 5.74) is 5.67. The Balaban J connectivity index is 2.10. The molecule has 2 rings (SSSR count). The Bertz CT molecular complexity index is 762. The largest absolute Gasteiger partial charge is 0.342 e. The van der Waals surface area contributed by atoms with Crippen LogP contribution < -0.4 is 15.8 Å². The van der Waals surface area contributed by atoms with Crippen molar-refractivity contribution in [2.24, 2.45) is 11.1 Å². The van der Waals surface area contributed by atoms with Crippen molar-refractivity contribution in [3.8, 4) is 0 Å². The van der Waals surface area contributed by atoms with Crippen LogP contribution in [0.2, 0.25) is 0 Å². The smallest absolute Gasteiger partial charge is 0.255 e. The highest BCUT2D eigenvalue weighted by Gasteiger charge is 2.40. The molecule has 0 aromatic carbocycles. The van der Waals surface area contributed by atoms with E-state index in [-0.39, 0.29) is 11.7 Å². The lowest BCUT2D eigenvalue weighted by molar-refractivity contribution is -0.141. The number of amides is 3. The number of hydrogen-bond acceptors (Lipinski definition) is 6. The summed E-state index contributed by atoms with van der Waals surface area (Å²) in [7, 11) is -3.73. The maximum atomic E-state index is 13.0. The first-order valence-corrected chi connectivity index (χ1v) is 13.0. The minimum atomic E-state index is -3.73. The second kappa shape index (κ2) is 10.8. The van der Waals surface area contributed by atoms with E-state index in [1.807, 2.05) is 20.8 Å². The lowest BCUT2D eigenvalue weighted by Crippen LogP contribution is -2.57. The standard InChI is InChI=1S/C21H38N4O5S/c1-21(2,3)17(22)20(28)25-13-10-12-16(25)19(27)23-15-11-8-6-4-5-7-9-14-31(29,30)24-18(15)26/h15-17H,4-14,22H2,1-3H3,(H,23,27)(H,24,26)/t15?,16?,17-/m1/s1. The van der Waals surface area contributed by atoms with Crippen molar-refractivity contribution < 1.29 is 22.8 Å². The Morgan fingerprint density at radius 1 is 1.06 bits per heavy atom. The average Bonchev–Trinajstić information content (AvgIpc) is 3.15. The first kappa shape index (κ1) is 25.6. The van der Waals surface area contributed by atoms with Crippen molar-refractivity contribution in [3.63, 3.8) is 0 Å². The number of likely N-dealkylation sites (tertiary alicyclic amines) is 1. The van der Waals surface area contributed by atoms with Gasteiger partial charge in [-0.2, -0.15) is 0 Å². The van der Waals surface area contributed by atoms with Gasteiger partial charge in [0.15, 0.2) is 0 Å². The zero-order chi connectivity index (χ0) is 23.2. The predicted molar refractivity (Wildman–Crippen MR) is 118 cm³/mol. The molecule has 0 saturated carbocycles. The molecule has 0 aromatic rings. The molecule has 31 heavy (non-hydrogen) atoms. The first-order chi connectivity index (χ1) is 14.4. The number of hydrogen-bond donors (Lipinski definition) is 3. The Labute approximate surface area is 185 Å². The van der Waals surface area contributed by atoms with E-state index in [0.717, 1.165) is 25.7 Å². The molecule has 10 heteroatoms. The van der Waals surface area contributed by atoms with E-state index in [4.69, 9.17) is 5.73 Å². The van der Waals surface area contributed by atoms with Crippen LogP contribution in [0.4, 0.5) is 0 Å². The summed E-state index contributed by atoms with van der Waals surface area (Å²) in [5, 5.41) is 2.71. The zero-order valence-corrected chi connectivity index (χ0v) is 19.8. The van der Waals surface area contributed by atoms with Crippen molar-refractivity contribution in [1.82, 2.24) is 14.9 Å². The van der Waals surface area contributed by atoms with Crippen LogP contribution in [0.1, 0.15) is 78.6 Å². The zero-order valence-electron chi connectivity index (χ0n) is 19.0. The molecule has 0 spiro atoms. The second-order valence-electron chi connectivity index (χ2n) is 9.79. The number of carbonyl (C=O) groups is 3. The molecule has 0 radical (unpaired) electrons. The van der Waals surface area contributed by atoms with Gasteiger partial charge in [0.25, 0.3) is 5.91 Å². The van der Waals surface area contributed by atoms with Gasteiger partial charge in [-0.15, -0.1) is 0 Å². The third-order valence-electron chi connectivity index (χ3n) is 6.08. The van der Waals surface area contributed by atoms with E-state index in [2.05, 4.69) is 10.0 Å². The maximum absolute atomic E-state index is 13.0. The summed E-state index contributed by atoms with van der Waals surface area (Å²) in [4.78, 5) is 40.0. The van der Waals surface area contributed by atoms with Gasteiger partial charge in [-0.05, 0) is 31.1 Å². The van der Waals surface area contributed by atoms with Gasteiger partial charge in [0, 0.05) is 6.54 Å². The molecule has 2 unspecified atom stereocenters. The van der Waals surface area contributed by atoms with Crippen molar-refractivity contribution in [2.45, 2.75) is 96.7 Å². The summed E-state index contributed by atoms with van der Waals surface area (Å²) in [6.07, 6.45) is 6.39. The summed E-state index contributed by atoms with van der Waals surface area (Å²) < 4.78 is 26.5.